The average molecular weight is 473 g/mol. The van der Waals surface area contributed by atoms with Crippen molar-refractivity contribution in [3.05, 3.63) is 41.5 Å². The number of hydrogen-bond donors (Lipinski definition) is 3. The summed E-state index contributed by atoms with van der Waals surface area (Å²) in [6.07, 6.45) is 5.62. The van der Waals surface area contributed by atoms with Crippen molar-refractivity contribution in [1.82, 2.24) is 10.2 Å². The van der Waals surface area contributed by atoms with Crippen LogP contribution in [0, 0.1) is 5.92 Å². The van der Waals surface area contributed by atoms with Gasteiger partial charge in [0.25, 0.3) is 0 Å². The van der Waals surface area contributed by atoms with E-state index in [4.69, 9.17) is 9.47 Å². The number of aliphatic hydroxyl groups is 2. The number of hydrogen-bond acceptors (Lipinski definition) is 6. The van der Waals surface area contributed by atoms with Gasteiger partial charge < -0.3 is 29.9 Å². The Labute approximate surface area is 200 Å². The molecule has 186 valence electrons. The third-order valence-corrected chi connectivity index (χ3v) is 7.17. The quantitative estimate of drug-likeness (QED) is 0.505. The zero-order valence-corrected chi connectivity index (χ0v) is 19.8. The van der Waals surface area contributed by atoms with Crippen LogP contribution in [0.1, 0.15) is 50.5 Å². The van der Waals surface area contributed by atoms with Gasteiger partial charge in [-0.25, -0.2) is 0 Å². The van der Waals surface area contributed by atoms with Gasteiger partial charge in [0.1, 0.15) is 24.6 Å². The molecule has 0 saturated heterocycles. The van der Waals surface area contributed by atoms with Crippen molar-refractivity contribution in [3.63, 3.8) is 0 Å². The molecule has 0 unspecified atom stereocenters. The van der Waals surface area contributed by atoms with E-state index in [1.54, 1.807) is 11.0 Å². The SMILES string of the molecule is CCOCC(=O)N(CC1CCCCC1)[C@@H]1C=C(C(=O)NCCO)[C@@H]2c3ccccc3O[C@@H]2[C@H]1O. The number of aliphatic hydroxyl groups excluding tert-OH is 2. The molecule has 0 radical (unpaired) electrons. The third-order valence-electron chi connectivity index (χ3n) is 7.17. The van der Waals surface area contributed by atoms with Crippen LogP contribution in [-0.2, 0) is 14.3 Å². The van der Waals surface area contributed by atoms with Crippen LogP contribution in [0.15, 0.2) is 35.9 Å². The third kappa shape index (κ3) is 5.14. The molecule has 8 heteroatoms. The molecule has 2 amide bonds. The Morgan fingerprint density at radius 1 is 1.21 bits per heavy atom. The molecular weight excluding hydrogens is 436 g/mol. The Morgan fingerprint density at radius 2 is 1.97 bits per heavy atom. The van der Waals surface area contributed by atoms with Gasteiger partial charge in [-0.05, 0) is 37.8 Å². The van der Waals surface area contributed by atoms with Crippen LogP contribution in [0.3, 0.4) is 0 Å². The molecule has 1 aromatic carbocycles. The molecule has 1 aromatic rings. The van der Waals surface area contributed by atoms with Crippen LogP contribution in [-0.4, -0.2) is 78.1 Å². The van der Waals surface area contributed by atoms with E-state index >= 15 is 0 Å². The van der Waals surface area contributed by atoms with Crippen LogP contribution in [0.5, 0.6) is 5.75 Å². The molecule has 3 aliphatic rings. The zero-order valence-electron chi connectivity index (χ0n) is 19.8. The summed E-state index contributed by atoms with van der Waals surface area (Å²) in [5.74, 6) is 0.0242. The lowest BCUT2D eigenvalue weighted by molar-refractivity contribution is -0.142. The second-order valence-corrected chi connectivity index (χ2v) is 9.37. The Morgan fingerprint density at radius 3 is 2.71 bits per heavy atom. The molecule has 1 heterocycles. The van der Waals surface area contributed by atoms with Gasteiger partial charge in [-0.1, -0.05) is 37.5 Å². The predicted octanol–water partition coefficient (Wildman–Crippen LogP) is 1.75. The van der Waals surface area contributed by atoms with Gasteiger partial charge in [0.15, 0.2) is 0 Å². The molecule has 4 atom stereocenters. The standard InChI is InChI=1S/C26H36N2O6/c1-2-33-16-22(30)28(15-17-8-4-3-5-9-17)20-14-19(26(32)27-12-13-29)23-18-10-6-7-11-21(18)34-25(23)24(20)31/h6-7,10-11,14,17,20,23-25,29,31H,2-5,8-9,12-13,15-16H2,1H3,(H,27,32)/t20-,23+,24+,25+/m1/s1. The van der Waals surface area contributed by atoms with E-state index in [9.17, 15) is 19.8 Å². The number of carbonyl (C=O) groups excluding carboxylic acids is 2. The lowest BCUT2D eigenvalue weighted by Gasteiger charge is -2.42. The maximum Gasteiger partial charge on any atom is 0.249 e. The summed E-state index contributed by atoms with van der Waals surface area (Å²) in [6.45, 7) is 2.66. The molecule has 1 aliphatic heterocycles. The highest BCUT2D eigenvalue weighted by atomic mass is 16.5. The van der Waals surface area contributed by atoms with E-state index in [2.05, 4.69) is 5.32 Å². The van der Waals surface area contributed by atoms with Crippen LogP contribution >= 0.6 is 0 Å². The first-order chi connectivity index (χ1) is 16.5. The maximum absolute atomic E-state index is 13.3. The summed E-state index contributed by atoms with van der Waals surface area (Å²) in [5.41, 5.74) is 1.30. The van der Waals surface area contributed by atoms with Crippen molar-refractivity contribution in [2.45, 2.75) is 63.2 Å². The first kappa shape index (κ1) is 24.7. The van der Waals surface area contributed by atoms with E-state index in [1.807, 2.05) is 31.2 Å². The Balaban J connectivity index is 1.69. The van der Waals surface area contributed by atoms with Crippen LogP contribution in [0.25, 0.3) is 0 Å². The molecule has 3 N–H and O–H groups in total. The summed E-state index contributed by atoms with van der Waals surface area (Å²) in [7, 11) is 0. The number of carbonyl (C=O) groups is 2. The molecule has 34 heavy (non-hydrogen) atoms. The van der Waals surface area contributed by atoms with Crippen molar-refractivity contribution in [1.29, 1.82) is 0 Å². The summed E-state index contributed by atoms with van der Waals surface area (Å²) in [5, 5.41) is 23.4. The van der Waals surface area contributed by atoms with E-state index in [0.29, 0.717) is 30.4 Å². The van der Waals surface area contributed by atoms with Gasteiger partial charge in [0.2, 0.25) is 11.8 Å². The van der Waals surface area contributed by atoms with Crippen LogP contribution in [0.2, 0.25) is 0 Å². The molecule has 1 saturated carbocycles. The van der Waals surface area contributed by atoms with Gasteiger partial charge in [0, 0.05) is 30.8 Å². The molecule has 8 nitrogen and oxygen atoms in total. The first-order valence-electron chi connectivity index (χ1n) is 12.5. The number of ether oxygens (including phenoxy) is 2. The second-order valence-electron chi connectivity index (χ2n) is 9.37. The van der Waals surface area contributed by atoms with Gasteiger partial charge in [0.05, 0.1) is 18.6 Å². The van der Waals surface area contributed by atoms with Crippen molar-refractivity contribution in [2.75, 3.05) is 32.9 Å². The topological polar surface area (TPSA) is 108 Å². The fourth-order valence-electron chi connectivity index (χ4n) is 5.50. The minimum Gasteiger partial charge on any atom is -0.486 e. The predicted molar refractivity (Wildman–Crippen MR) is 126 cm³/mol. The number of para-hydroxylation sites is 1. The molecular formula is C26H36N2O6. The summed E-state index contributed by atoms with van der Waals surface area (Å²) in [6, 6.07) is 6.77. The normalized spacial score (nSPS) is 26.1. The summed E-state index contributed by atoms with van der Waals surface area (Å²) < 4.78 is 11.6. The second kappa shape index (κ2) is 11.3. The summed E-state index contributed by atoms with van der Waals surface area (Å²) in [4.78, 5) is 28.1. The highest BCUT2D eigenvalue weighted by molar-refractivity contribution is 5.96. The molecule has 0 aromatic heterocycles. The molecule has 2 aliphatic carbocycles. The highest BCUT2D eigenvalue weighted by Gasteiger charge is 2.50. The van der Waals surface area contributed by atoms with Gasteiger partial charge in [-0.2, -0.15) is 0 Å². The Kier molecular flexibility index (Phi) is 8.24. The zero-order chi connectivity index (χ0) is 24.1. The van der Waals surface area contributed by atoms with Crippen molar-refractivity contribution in [2.24, 2.45) is 5.92 Å². The number of nitrogens with zero attached hydrogens (tertiary/aromatic N) is 1. The largest absolute Gasteiger partial charge is 0.486 e. The molecule has 1 fully saturated rings. The minimum absolute atomic E-state index is 0.0680. The van der Waals surface area contributed by atoms with Gasteiger partial charge in [-0.3, -0.25) is 9.59 Å². The number of benzene rings is 1. The van der Waals surface area contributed by atoms with E-state index in [-0.39, 0.29) is 31.6 Å². The monoisotopic (exact) mass is 472 g/mol. The van der Waals surface area contributed by atoms with Crippen molar-refractivity contribution < 1.29 is 29.3 Å². The lowest BCUT2D eigenvalue weighted by atomic mass is 9.77. The van der Waals surface area contributed by atoms with Gasteiger partial charge in [-0.15, -0.1) is 0 Å². The van der Waals surface area contributed by atoms with E-state index < -0.39 is 24.2 Å². The van der Waals surface area contributed by atoms with Crippen LogP contribution in [0.4, 0.5) is 0 Å². The number of amides is 2. The number of rotatable bonds is 9. The first-order valence-corrected chi connectivity index (χ1v) is 12.5. The number of fused-ring (bicyclic) bond motifs is 3. The fraction of sp³-hybridized carbons (Fsp3) is 0.615. The summed E-state index contributed by atoms with van der Waals surface area (Å²) >= 11 is 0. The fourth-order valence-corrected chi connectivity index (χ4v) is 5.50. The van der Waals surface area contributed by atoms with E-state index in [1.165, 1.54) is 6.42 Å². The molecule has 4 rings (SSSR count). The Bertz CT molecular complexity index is 897. The maximum atomic E-state index is 13.3. The molecule has 0 bridgehead atoms. The molecule has 0 spiro atoms. The minimum atomic E-state index is -0.999. The van der Waals surface area contributed by atoms with Crippen molar-refractivity contribution >= 4 is 11.8 Å². The van der Waals surface area contributed by atoms with Crippen LogP contribution < -0.4 is 10.1 Å². The average Bonchev–Trinajstić information content (AvgIpc) is 3.26. The van der Waals surface area contributed by atoms with E-state index in [0.717, 1.165) is 31.2 Å². The highest BCUT2D eigenvalue weighted by Crippen LogP contribution is 2.47. The van der Waals surface area contributed by atoms with Crippen molar-refractivity contribution in [3.8, 4) is 5.75 Å². The van der Waals surface area contributed by atoms with Gasteiger partial charge >= 0.3 is 0 Å². The lowest BCUT2D eigenvalue weighted by Crippen LogP contribution is -2.57. The smallest absolute Gasteiger partial charge is 0.249 e. The number of nitrogens with one attached hydrogen (secondary N) is 1. The Hall–Kier alpha value is -2.42.